The van der Waals surface area contributed by atoms with Gasteiger partial charge in [-0.25, -0.2) is 9.97 Å². The highest BCUT2D eigenvalue weighted by molar-refractivity contribution is 5.95. The molecule has 2 aromatic carbocycles. The minimum Gasteiger partial charge on any atom is -0.358 e. The molecule has 3 aromatic rings. The van der Waals surface area contributed by atoms with Crippen LogP contribution < -0.4 is 5.32 Å². The first-order chi connectivity index (χ1) is 18.9. The van der Waals surface area contributed by atoms with Gasteiger partial charge in [-0.1, -0.05) is 31.5 Å². The number of hydrogen-bond donors (Lipinski definition) is 1. The lowest BCUT2D eigenvalue weighted by Gasteiger charge is -2.44. The fourth-order valence-electron chi connectivity index (χ4n) is 6.56. The molecule has 5 rings (SSSR count). The monoisotopic (exact) mass is 524 g/mol. The van der Waals surface area contributed by atoms with E-state index in [1.165, 1.54) is 12.8 Å². The van der Waals surface area contributed by atoms with Crippen molar-refractivity contribution >= 4 is 22.6 Å². The third-order valence-electron chi connectivity index (χ3n) is 8.88. The molecule has 2 heterocycles. The number of rotatable bonds is 8. The number of likely N-dealkylation sites (tertiary alicyclic amines) is 1. The molecule has 1 saturated carbocycles. The van der Waals surface area contributed by atoms with Gasteiger partial charge in [0, 0.05) is 30.1 Å². The number of amides is 1. The molecule has 0 radical (unpaired) electrons. The maximum Gasteiger partial charge on any atom is 0.245 e. The second-order valence-electron chi connectivity index (χ2n) is 11.5. The predicted molar refractivity (Wildman–Crippen MR) is 156 cm³/mol. The molecule has 1 aromatic heterocycles. The topological polar surface area (TPSA) is 85.2 Å². The minimum absolute atomic E-state index is 0.196. The number of benzene rings is 2. The molecule has 39 heavy (non-hydrogen) atoms. The van der Waals surface area contributed by atoms with Crippen LogP contribution in [0.4, 0.5) is 5.82 Å². The van der Waals surface area contributed by atoms with Crippen molar-refractivity contribution in [2.45, 2.75) is 83.5 Å². The standard InChI is InChI=1S/C32H40N6O/c1-5-7-25-17-26(37(4)21(2)3)11-13-30(25)38-15-14-29(32(38)39)36-31-27-18-24(10-12-28(27)34-20-35-31)23-9-6-8-22(16-23)19-33/h6,8-10,12,16,18,20-21,25-26,29-30H,5,7,11,13-15,17H2,1-4H3,(H,34,35,36)/t25-,26+,29-,30-/m0/s1. The number of hydrogen-bond acceptors (Lipinski definition) is 6. The van der Waals surface area contributed by atoms with Crippen LogP contribution in [0.25, 0.3) is 22.0 Å². The van der Waals surface area contributed by atoms with Gasteiger partial charge in [0.1, 0.15) is 18.2 Å². The van der Waals surface area contributed by atoms with Gasteiger partial charge in [0.25, 0.3) is 0 Å². The summed E-state index contributed by atoms with van der Waals surface area (Å²) in [5, 5.41) is 13.7. The highest BCUT2D eigenvalue weighted by Gasteiger charge is 2.42. The van der Waals surface area contributed by atoms with Crippen molar-refractivity contribution in [3.63, 3.8) is 0 Å². The molecule has 1 amide bonds. The summed E-state index contributed by atoms with van der Waals surface area (Å²) in [5.74, 6) is 1.43. The van der Waals surface area contributed by atoms with Gasteiger partial charge in [-0.05, 0) is 94.3 Å². The van der Waals surface area contributed by atoms with E-state index in [-0.39, 0.29) is 11.9 Å². The van der Waals surface area contributed by atoms with E-state index in [2.05, 4.69) is 65.0 Å². The van der Waals surface area contributed by atoms with E-state index in [0.717, 1.165) is 54.3 Å². The van der Waals surface area contributed by atoms with Crippen LogP contribution in [0.3, 0.4) is 0 Å². The summed E-state index contributed by atoms with van der Waals surface area (Å²) in [6.45, 7) is 7.59. The number of nitriles is 1. The highest BCUT2D eigenvalue weighted by Crippen LogP contribution is 2.37. The Morgan fingerprint density at radius 3 is 2.72 bits per heavy atom. The molecule has 0 spiro atoms. The molecular weight excluding hydrogens is 484 g/mol. The van der Waals surface area contributed by atoms with Crippen molar-refractivity contribution in [2.24, 2.45) is 5.92 Å². The summed E-state index contributed by atoms with van der Waals surface area (Å²) in [7, 11) is 2.25. The summed E-state index contributed by atoms with van der Waals surface area (Å²) >= 11 is 0. The van der Waals surface area contributed by atoms with Gasteiger partial charge in [-0.3, -0.25) is 4.79 Å². The number of fused-ring (bicyclic) bond motifs is 1. The molecule has 0 unspecified atom stereocenters. The molecule has 7 heteroatoms. The van der Waals surface area contributed by atoms with Gasteiger partial charge in [-0.2, -0.15) is 5.26 Å². The number of carbonyl (C=O) groups is 1. The first-order valence-corrected chi connectivity index (χ1v) is 14.4. The van der Waals surface area contributed by atoms with E-state index in [4.69, 9.17) is 0 Å². The molecule has 1 aliphatic carbocycles. The Bertz CT molecular complexity index is 1360. The van der Waals surface area contributed by atoms with Crippen LogP contribution in [-0.4, -0.2) is 63.4 Å². The molecular formula is C32H40N6O. The lowest BCUT2D eigenvalue weighted by atomic mass is 9.77. The Morgan fingerprint density at radius 1 is 1.13 bits per heavy atom. The summed E-state index contributed by atoms with van der Waals surface area (Å²) in [4.78, 5) is 27.4. The summed E-state index contributed by atoms with van der Waals surface area (Å²) in [5.41, 5.74) is 3.40. The Labute approximate surface area is 232 Å². The van der Waals surface area contributed by atoms with Gasteiger partial charge < -0.3 is 15.1 Å². The van der Waals surface area contributed by atoms with Crippen LogP contribution in [0.15, 0.2) is 48.8 Å². The zero-order valence-electron chi connectivity index (χ0n) is 23.6. The zero-order valence-corrected chi connectivity index (χ0v) is 23.6. The molecule has 7 nitrogen and oxygen atoms in total. The van der Waals surface area contributed by atoms with Gasteiger partial charge in [0.15, 0.2) is 0 Å². The van der Waals surface area contributed by atoms with E-state index in [9.17, 15) is 10.1 Å². The van der Waals surface area contributed by atoms with Gasteiger partial charge in [0.05, 0.1) is 17.1 Å². The maximum absolute atomic E-state index is 13.8. The third-order valence-corrected chi connectivity index (χ3v) is 8.88. The van der Waals surface area contributed by atoms with Crippen LogP contribution in [0.2, 0.25) is 0 Å². The average molecular weight is 525 g/mol. The summed E-state index contributed by atoms with van der Waals surface area (Å²) in [6.07, 6.45) is 8.04. The Kier molecular flexibility index (Phi) is 8.13. The molecule has 204 valence electrons. The number of carbonyl (C=O) groups excluding carboxylic acids is 1. The SMILES string of the molecule is CCC[C@H]1C[C@H](N(C)C(C)C)CC[C@@H]1N1CC[C@H](Nc2ncnc3ccc(-c4cccc(C#N)c4)cc23)C1=O. The summed E-state index contributed by atoms with van der Waals surface area (Å²) < 4.78 is 0. The van der Waals surface area contributed by atoms with E-state index in [1.807, 2.05) is 30.3 Å². The maximum atomic E-state index is 13.8. The first-order valence-electron chi connectivity index (χ1n) is 14.4. The van der Waals surface area contributed by atoms with Crippen LogP contribution in [0, 0.1) is 17.2 Å². The number of anilines is 1. The number of nitrogens with one attached hydrogen (secondary N) is 1. The van der Waals surface area contributed by atoms with Crippen molar-refractivity contribution in [3.05, 3.63) is 54.4 Å². The number of aromatic nitrogens is 2. The van der Waals surface area contributed by atoms with Crippen molar-refractivity contribution in [1.29, 1.82) is 5.26 Å². The van der Waals surface area contributed by atoms with Crippen LogP contribution in [0.5, 0.6) is 0 Å². The van der Waals surface area contributed by atoms with Crippen LogP contribution in [0.1, 0.15) is 64.9 Å². The van der Waals surface area contributed by atoms with Crippen LogP contribution >= 0.6 is 0 Å². The fourth-order valence-corrected chi connectivity index (χ4v) is 6.56. The lowest BCUT2D eigenvalue weighted by molar-refractivity contribution is -0.132. The van der Waals surface area contributed by atoms with E-state index in [0.29, 0.717) is 35.4 Å². The molecule has 1 saturated heterocycles. The molecule has 1 aliphatic heterocycles. The second kappa shape index (κ2) is 11.7. The first kappa shape index (κ1) is 27.1. The largest absolute Gasteiger partial charge is 0.358 e. The van der Waals surface area contributed by atoms with Crippen molar-refractivity contribution in [1.82, 2.24) is 19.8 Å². The van der Waals surface area contributed by atoms with Gasteiger partial charge >= 0.3 is 0 Å². The smallest absolute Gasteiger partial charge is 0.245 e. The van der Waals surface area contributed by atoms with E-state index >= 15 is 0 Å². The highest BCUT2D eigenvalue weighted by atomic mass is 16.2. The predicted octanol–water partition coefficient (Wildman–Crippen LogP) is 5.86. The quantitative estimate of drug-likeness (QED) is 0.397. The second-order valence-corrected chi connectivity index (χ2v) is 11.5. The van der Waals surface area contributed by atoms with Crippen molar-refractivity contribution in [2.75, 3.05) is 18.9 Å². The molecule has 0 bridgehead atoms. The molecule has 2 aliphatic rings. The molecule has 2 fully saturated rings. The Balaban J connectivity index is 1.34. The van der Waals surface area contributed by atoms with E-state index in [1.54, 1.807) is 12.4 Å². The average Bonchev–Trinajstić information content (AvgIpc) is 3.32. The van der Waals surface area contributed by atoms with Crippen molar-refractivity contribution in [3.8, 4) is 17.2 Å². The van der Waals surface area contributed by atoms with Gasteiger partial charge in [-0.15, -0.1) is 0 Å². The van der Waals surface area contributed by atoms with Gasteiger partial charge in [0.2, 0.25) is 5.91 Å². The zero-order chi connectivity index (χ0) is 27.5. The number of nitrogens with zero attached hydrogens (tertiary/aromatic N) is 5. The van der Waals surface area contributed by atoms with Crippen LogP contribution in [-0.2, 0) is 4.79 Å². The summed E-state index contributed by atoms with van der Waals surface area (Å²) in [6, 6.07) is 17.0. The molecule has 1 N–H and O–H groups in total. The fraction of sp³-hybridized carbons (Fsp3) is 0.500. The Hall–Kier alpha value is -3.50. The minimum atomic E-state index is -0.285. The third kappa shape index (κ3) is 5.62. The lowest BCUT2D eigenvalue weighted by Crippen LogP contribution is -2.51. The normalized spacial score (nSPS) is 23.5. The Morgan fingerprint density at radius 2 is 1.95 bits per heavy atom. The molecule has 4 atom stereocenters. The van der Waals surface area contributed by atoms with Crippen molar-refractivity contribution < 1.29 is 4.79 Å². The van der Waals surface area contributed by atoms with E-state index < -0.39 is 0 Å².